The van der Waals surface area contributed by atoms with Gasteiger partial charge < -0.3 is 10.4 Å². The molecule has 0 spiro atoms. The van der Waals surface area contributed by atoms with Crippen LogP contribution in [0.15, 0.2) is 0 Å². The molecule has 2 atom stereocenters. The molecule has 1 rings (SSSR count). The second-order valence-electron chi connectivity index (χ2n) is 4.24. The van der Waals surface area contributed by atoms with Gasteiger partial charge in [0, 0.05) is 19.5 Å². The summed E-state index contributed by atoms with van der Waals surface area (Å²) in [5.74, 6) is -0.495. The Morgan fingerprint density at radius 2 is 2.33 bits per heavy atom. The summed E-state index contributed by atoms with van der Waals surface area (Å²) in [7, 11) is 1.87. The summed E-state index contributed by atoms with van der Waals surface area (Å²) in [6.45, 7) is 3.56. The van der Waals surface area contributed by atoms with Gasteiger partial charge in [0.05, 0.1) is 6.04 Å². The summed E-state index contributed by atoms with van der Waals surface area (Å²) in [4.78, 5) is 24.0. The van der Waals surface area contributed by atoms with Gasteiger partial charge in [0.25, 0.3) is 0 Å². The van der Waals surface area contributed by atoms with Crippen LogP contribution in [0.4, 0.5) is 0 Å². The minimum atomic E-state index is -0.853. The molecule has 5 heteroatoms. The minimum absolute atomic E-state index is 0.0385. The Balaban J connectivity index is 2.58. The lowest BCUT2D eigenvalue weighted by Gasteiger charge is -2.24. The molecule has 1 amide bonds. The van der Waals surface area contributed by atoms with Crippen molar-refractivity contribution in [1.29, 1.82) is 0 Å². The Morgan fingerprint density at radius 3 is 2.93 bits per heavy atom. The topological polar surface area (TPSA) is 69.6 Å². The minimum Gasteiger partial charge on any atom is -0.481 e. The van der Waals surface area contributed by atoms with E-state index >= 15 is 0 Å². The molecule has 0 aromatic heterocycles. The van der Waals surface area contributed by atoms with Crippen molar-refractivity contribution in [2.24, 2.45) is 5.92 Å². The van der Waals surface area contributed by atoms with Crippen LogP contribution >= 0.6 is 0 Å². The molecule has 2 unspecified atom stereocenters. The molecule has 15 heavy (non-hydrogen) atoms. The van der Waals surface area contributed by atoms with Crippen LogP contribution in [-0.2, 0) is 9.59 Å². The van der Waals surface area contributed by atoms with Crippen LogP contribution in [0.3, 0.4) is 0 Å². The van der Waals surface area contributed by atoms with Crippen LogP contribution in [-0.4, -0.2) is 48.1 Å². The number of carboxylic acid groups (broad SMARTS) is 1. The quantitative estimate of drug-likeness (QED) is 0.689. The Morgan fingerprint density at radius 1 is 1.67 bits per heavy atom. The van der Waals surface area contributed by atoms with Gasteiger partial charge in [-0.05, 0) is 19.4 Å². The smallest absolute Gasteiger partial charge is 0.303 e. The van der Waals surface area contributed by atoms with E-state index in [2.05, 4.69) is 12.2 Å². The zero-order valence-electron chi connectivity index (χ0n) is 9.19. The third-order valence-electron chi connectivity index (χ3n) is 2.69. The molecular weight excluding hydrogens is 196 g/mol. The van der Waals surface area contributed by atoms with E-state index in [1.54, 1.807) is 0 Å². The number of carbonyl (C=O) groups excluding carboxylic acids is 1. The van der Waals surface area contributed by atoms with Crippen molar-refractivity contribution in [3.8, 4) is 0 Å². The molecule has 1 fully saturated rings. The average molecular weight is 214 g/mol. The Labute approximate surface area is 89.4 Å². The van der Waals surface area contributed by atoms with Crippen LogP contribution < -0.4 is 5.32 Å². The largest absolute Gasteiger partial charge is 0.481 e. The van der Waals surface area contributed by atoms with Gasteiger partial charge in [0.2, 0.25) is 5.91 Å². The molecule has 0 aliphatic carbocycles. The predicted molar refractivity (Wildman–Crippen MR) is 55.5 cm³/mol. The van der Waals surface area contributed by atoms with E-state index in [0.29, 0.717) is 18.9 Å². The molecule has 0 radical (unpaired) electrons. The second-order valence-corrected chi connectivity index (χ2v) is 4.24. The number of carboxylic acids is 1. The summed E-state index contributed by atoms with van der Waals surface area (Å²) in [5, 5.41) is 11.4. The molecule has 1 aliphatic rings. The Hall–Kier alpha value is -1.10. The van der Waals surface area contributed by atoms with E-state index in [-0.39, 0.29) is 18.4 Å². The van der Waals surface area contributed by atoms with Gasteiger partial charge in [-0.3, -0.25) is 14.5 Å². The van der Waals surface area contributed by atoms with Gasteiger partial charge in [0.1, 0.15) is 0 Å². The maximum atomic E-state index is 11.6. The van der Waals surface area contributed by atoms with Crippen molar-refractivity contribution in [2.45, 2.75) is 25.8 Å². The van der Waals surface area contributed by atoms with Crippen molar-refractivity contribution < 1.29 is 14.7 Å². The van der Waals surface area contributed by atoms with Crippen molar-refractivity contribution in [3.63, 3.8) is 0 Å². The number of nitrogens with one attached hydrogen (secondary N) is 1. The van der Waals surface area contributed by atoms with Crippen molar-refractivity contribution in [1.82, 2.24) is 10.2 Å². The molecule has 2 N–H and O–H groups in total. The summed E-state index contributed by atoms with van der Waals surface area (Å²) in [6.07, 6.45) is 0.418. The average Bonchev–Trinajstić information content (AvgIpc) is 2.24. The summed E-state index contributed by atoms with van der Waals surface area (Å²) >= 11 is 0. The van der Waals surface area contributed by atoms with E-state index in [9.17, 15) is 9.59 Å². The molecule has 0 saturated carbocycles. The lowest BCUT2D eigenvalue weighted by molar-refractivity contribution is -0.137. The summed E-state index contributed by atoms with van der Waals surface area (Å²) in [5.41, 5.74) is 0. The molecule has 0 aromatic rings. The van der Waals surface area contributed by atoms with E-state index in [4.69, 9.17) is 5.11 Å². The van der Waals surface area contributed by atoms with Crippen LogP contribution in [0, 0.1) is 5.92 Å². The lowest BCUT2D eigenvalue weighted by Crippen LogP contribution is -2.42. The van der Waals surface area contributed by atoms with Crippen molar-refractivity contribution in [3.05, 3.63) is 0 Å². The van der Waals surface area contributed by atoms with E-state index < -0.39 is 5.97 Å². The molecule has 0 aromatic carbocycles. The van der Waals surface area contributed by atoms with Gasteiger partial charge in [-0.2, -0.15) is 0 Å². The molecule has 0 bridgehead atoms. The highest BCUT2D eigenvalue weighted by Crippen LogP contribution is 2.11. The fraction of sp³-hybridized carbons (Fsp3) is 0.800. The number of nitrogens with zero attached hydrogens (tertiary/aromatic N) is 1. The van der Waals surface area contributed by atoms with Gasteiger partial charge in [-0.25, -0.2) is 0 Å². The number of rotatable bonds is 3. The zero-order valence-corrected chi connectivity index (χ0v) is 9.19. The Kier molecular flexibility index (Phi) is 4.08. The first-order valence-corrected chi connectivity index (χ1v) is 5.20. The first-order chi connectivity index (χ1) is 7.00. The Bertz CT molecular complexity index is 255. The molecule has 5 nitrogen and oxygen atoms in total. The highest BCUT2D eigenvalue weighted by molar-refractivity contribution is 5.82. The molecular formula is C10H18N2O3. The molecule has 1 heterocycles. The van der Waals surface area contributed by atoms with E-state index in [0.717, 1.165) is 6.54 Å². The third kappa shape index (κ3) is 3.51. The number of aliphatic carboxylic acids is 1. The third-order valence-corrected chi connectivity index (χ3v) is 2.69. The second kappa shape index (κ2) is 5.11. The first-order valence-electron chi connectivity index (χ1n) is 5.20. The maximum Gasteiger partial charge on any atom is 0.303 e. The van der Waals surface area contributed by atoms with Gasteiger partial charge in [-0.1, -0.05) is 6.92 Å². The van der Waals surface area contributed by atoms with Gasteiger partial charge in [0.15, 0.2) is 0 Å². The van der Waals surface area contributed by atoms with Gasteiger partial charge >= 0.3 is 5.97 Å². The van der Waals surface area contributed by atoms with E-state index in [1.807, 2.05) is 11.9 Å². The number of likely N-dealkylation sites (N-methyl/N-ethyl adjacent to an activating group) is 1. The van der Waals surface area contributed by atoms with Crippen molar-refractivity contribution in [2.75, 3.05) is 20.1 Å². The predicted octanol–water partition coefficient (Wildman–Crippen LogP) is -0.0825. The monoisotopic (exact) mass is 214 g/mol. The van der Waals surface area contributed by atoms with E-state index in [1.165, 1.54) is 0 Å². The number of carbonyl (C=O) groups is 2. The van der Waals surface area contributed by atoms with Crippen LogP contribution in [0.1, 0.15) is 19.8 Å². The summed E-state index contributed by atoms with van der Waals surface area (Å²) < 4.78 is 0. The van der Waals surface area contributed by atoms with Crippen LogP contribution in [0.25, 0.3) is 0 Å². The highest BCUT2D eigenvalue weighted by Gasteiger charge is 2.27. The normalized spacial score (nSPS) is 28.3. The zero-order chi connectivity index (χ0) is 11.4. The molecule has 1 saturated heterocycles. The highest BCUT2D eigenvalue weighted by atomic mass is 16.4. The van der Waals surface area contributed by atoms with Crippen molar-refractivity contribution >= 4 is 11.9 Å². The lowest BCUT2D eigenvalue weighted by atomic mass is 10.1. The fourth-order valence-electron chi connectivity index (χ4n) is 1.89. The first kappa shape index (κ1) is 12.0. The van der Waals surface area contributed by atoms with Crippen LogP contribution in [0.5, 0.6) is 0 Å². The SMILES string of the molecule is CC1CNC(=O)C(CCC(=O)O)N(C)C1. The molecule has 1 aliphatic heterocycles. The summed E-state index contributed by atoms with van der Waals surface area (Å²) in [6, 6.07) is -0.300. The molecule has 86 valence electrons. The standard InChI is InChI=1S/C10H18N2O3/c1-7-5-11-10(15)8(12(2)6-7)3-4-9(13)14/h7-8H,3-6H2,1-2H3,(H,11,15)(H,13,14). The number of hydrogen-bond donors (Lipinski definition) is 2. The maximum absolute atomic E-state index is 11.6. The number of amides is 1. The number of hydrogen-bond acceptors (Lipinski definition) is 3. The van der Waals surface area contributed by atoms with Gasteiger partial charge in [-0.15, -0.1) is 0 Å². The fourth-order valence-corrected chi connectivity index (χ4v) is 1.89. The van der Waals surface area contributed by atoms with Crippen LogP contribution in [0.2, 0.25) is 0 Å².